The highest BCUT2D eigenvalue weighted by Gasteiger charge is 2.48. The molecule has 0 spiro atoms. The van der Waals surface area contributed by atoms with Crippen molar-refractivity contribution in [1.29, 1.82) is 0 Å². The zero-order chi connectivity index (χ0) is 27.3. The van der Waals surface area contributed by atoms with E-state index in [1.54, 1.807) is 17.0 Å². The van der Waals surface area contributed by atoms with Gasteiger partial charge in [0.05, 0.1) is 31.3 Å². The highest BCUT2D eigenvalue weighted by molar-refractivity contribution is 6.03. The summed E-state index contributed by atoms with van der Waals surface area (Å²) in [4.78, 5) is 15.2. The summed E-state index contributed by atoms with van der Waals surface area (Å²) in [7, 11) is 0. The molecular formula is C31H36FNO5. The molecule has 0 aromatic heterocycles. The molecule has 4 rings (SSSR count). The molecule has 0 saturated carbocycles. The molecule has 1 fully saturated rings. The molecule has 1 saturated heterocycles. The van der Waals surface area contributed by atoms with E-state index in [0.29, 0.717) is 24.8 Å². The van der Waals surface area contributed by atoms with Crippen LogP contribution in [0.2, 0.25) is 0 Å². The Hall–Kier alpha value is -3.10. The summed E-state index contributed by atoms with van der Waals surface area (Å²) < 4.78 is 13.3. The number of aryl methyl sites for hydroxylation is 2. The Morgan fingerprint density at radius 2 is 1.53 bits per heavy atom. The minimum atomic E-state index is -1.52. The lowest BCUT2D eigenvalue weighted by molar-refractivity contribution is -0.131. The fourth-order valence-electron chi connectivity index (χ4n) is 5.05. The van der Waals surface area contributed by atoms with E-state index in [4.69, 9.17) is 0 Å². The van der Waals surface area contributed by atoms with Crippen molar-refractivity contribution in [2.75, 3.05) is 18.1 Å². The number of anilines is 1. The molecule has 7 heteroatoms. The molecule has 0 aliphatic carbocycles. The number of hydrogen-bond donors (Lipinski definition) is 4. The second-order valence-electron chi connectivity index (χ2n) is 10.2. The quantitative estimate of drug-likeness (QED) is 0.267. The molecule has 202 valence electrons. The van der Waals surface area contributed by atoms with Crippen molar-refractivity contribution in [2.45, 2.75) is 56.8 Å². The number of halogens is 1. The van der Waals surface area contributed by atoms with Crippen molar-refractivity contribution in [3.63, 3.8) is 0 Å². The van der Waals surface area contributed by atoms with Gasteiger partial charge in [-0.15, -0.1) is 0 Å². The molecule has 3 aromatic rings. The molecule has 1 heterocycles. The molecule has 3 aromatic carbocycles. The van der Waals surface area contributed by atoms with Crippen LogP contribution in [0.3, 0.4) is 0 Å². The van der Waals surface area contributed by atoms with Gasteiger partial charge in [0.2, 0.25) is 5.91 Å². The van der Waals surface area contributed by atoms with Gasteiger partial charge in [-0.2, -0.15) is 0 Å². The zero-order valence-electron chi connectivity index (χ0n) is 21.6. The number of carbonyl (C=O) groups is 1. The Morgan fingerprint density at radius 1 is 0.921 bits per heavy atom. The second-order valence-corrected chi connectivity index (χ2v) is 10.2. The molecule has 1 aliphatic heterocycles. The predicted molar refractivity (Wildman–Crippen MR) is 144 cm³/mol. The van der Waals surface area contributed by atoms with Crippen LogP contribution in [0.4, 0.5) is 10.1 Å². The fraction of sp³-hybridized carbons (Fsp3) is 0.387. The Labute approximate surface area is 223 Å². The first-order valence-electron chi connectivity index (χ1n) is 13.2. The largest absolute Gasteiger partial charge is 0.393 e. The van der Waals surface area contributed by atoms with Gasteiger partial charge in [-0.3, -0.25) is 4.79 Å². The van der Waals surface area contributed by atoms with E-state index in [9.17, 15) is 29.6 Å². The van der Waals surface area contributed by atoms with Crippen molar-refractivity contribution >= 4 is 11.6 Å². The lowest BCUT2D eigenvalue weighted by Crippen LogP contribution is -2.55. The molecule has 1 aliphatic rings. The SMILES string of the molecule is CCc1ccc(N2C(=O)[C@H](CCC(O)c3ccc(F)cc3)[C@H]2c2ccc(CCC(O)(CO)CO)cc2)cc1. The topological polar surface area (TPSA) is 101 Å². The third kappa shape index (κ3) is 6.13. The van der Waals surface area contributed by atoms with Crippen LogP contribution in [0.25, 0.3) is 0 Å². The van der Waals surface area contributed by atoms with E-state index in [0.717, 1.165) is 23.2 Å². The third-order valence-electron chi connectivity index (χ3n) is 7.63. The van der Waals surface area contributed by atoms with Crippen LogP contribution in [0.1, 0.15) is 60.6 Å². The summed E-state index contributed by atoms with van der Waals surface area (Å²) in [5, 5.41) is 39.5. The Kier molecular flexibility index (Phi) is 8.95. The number of carbonyl (C=O) groups excluding carboxylic acids is 1. The lowest BCUT2D eigenvalue weighted by Gasteiger charge is -2.48. The van der Waals surface area contributed by atoms with E-state index in [2.05, 4.69) is 6.92 Å². The molecular weight excluding hydrogens is 485 g/mol. The van der Waals surface area contributed by atoms with Crippen molar-refractivity contribution in [2.24, 2.45) is 5.92 Å². The van der Waals surface area contributed by atoms with Crippen LogP contribution in [-0.2, 0) is 17.6 Å². The molecule has 0 radical (unpaired) electrons. The van der Waals surface area contributed by atoms with Gasteiger partial charge in [0.1, 0.15) is 11.4 Å². The third-order valence-corrected chi connectivity index (χ3v) is 7.63. The van der Waals surface area contributed by atoms with Crippen LogP contribution in [0.5, 0.6) is 0 Å². The predicted octanol–water partition coefficient (Wildman–Crippen LogP) is 4.25. The standard InChI is InChI=1S/C31H36FNO5/c1-2-21-5-13-26(14-6-21)33-29(24-7-3-22(4-8-24)17-18-31(38,19-34)20-35)27(30(33)37)15-16-28(36)23-9-11-25(32)12-10-23/h3-14,27-29,34-36,38H,2,15-20H2,1H3/t27-,28?,29-/m1/s1. The normalized spacial score (nSPS) is 18.4. The van der Waals surface area contributed by atoms with E-state index in [-0.39, 0.29) is 30.1 Å². The van der Waals surface area contributed by atoms with E-state index in [1.165, 1.54) is 17.7 Å². The average Bonchev–Trinajstić information content (AvgIpc) is 2.95. The fourth-order valence-corrected chi connectivity index (χ4v) is 5.05. The number of aliphatic hydroxyl groups excluding tert-OH is 3. The van der Waals surface area contributed by atoms with Crippen molar-refractivity contribution in [3.8, 4) is 0 Å². The number of benzene rings is 3. The molecule has 1 unspecified atom stereocenters. The van der Waals surface area contributed by atoms with Crippen LogP contribution in [0, 0.1) is 11.7 Å². The van der Waals surface area contributed by atoms with Gasteiger partial charge < -0.3 is 25.3 Å². The smallest absolute Gasteiger partial charge is 0.233 e. The molecule has 0 bridgehead atoms. The maximum absolute atomic E-state index is 13.4. The number of β-lactam (4-membered cyclic amide) rings is 1. The molecule has 3 atom stereocenters. The van der Waals surface area contributed by atoms with Gasteiger partial charge in [0.25, 0.3) is 0 Å². The Bertz CT molecular complexity index is 1190. The van der Waals surface area contributed by atoms with E-state index >= 15 is 0 Å². The van der Waals surface area contributed by atoms with Crippen molar-refractivity contribution < 1.29 is 29.6 Å². The minimum absolute atomic E-state index is 0.00517. The highest BCUT2D eigenvalue weighted by atomic mass is 19.1. The van der Waals surface area contributed by atoms with E-state index < -0.39 is 24.9 Å². The lowest BCUT2D eigenvalue weighted by atomic mass is 9.78. The second kappa shape index (κ2) is 12.2. The van der Waals surface area contributed by atoms with Crippen LogP contribution >= 0.6 is 0 Å². The summed E-state index contributed by atoms with van der Waals surface area (Å²) >= 11 is 0. The Morgan fingerprint density at radius 3 is 2.11 bits per heavy atom. The number of hydrogen-bond acceptors (Lipinski definition) is 5. The first kappa shape index (κ1) is 27.9. The average molecular weight is 522 g/mol. The summed E-state index contributed by atoms with van der Waals surface area (Å²) in [5.74, 6) is -0.665. The maximum atomic E-state index is 13.4. The van der Waals surface area contributed by atoms with Crippen LogP contribution in [-0.4, -0.2) is 45.1 Å². The molecule has 4 N–H and O–H groups in total. The van der Waals surface area contributed by atoms with Gasteiger partial charge in [0.15, 0.2) is 0 Å². The zero-order valence-corrected chi connectivity index (χ0v) is 21.6. The number of rotatable bonds is 12. The van der Waals surface area contributed by atoms with E-state index in [1.807, 2.05) is 48.5 Å². The molecule has 6 nitrogen and oxygen atoms in total. The first-order chi connectivity index (χ1) is 18.3. The molecule has 1 amide bonds. The Balaban J connectivity index is 1.52. The first-order valence-corrected chi connectivity index (χ1v) is 13.2. The maximum Gasteiger partial charge on any atom is 0.233 e. The summed E-state index contributed by atoms with van der Waals surface area (Å²) in [6.45, 7) is 1.06. The summed E-state index contributed by atoms with van der Waals surface area (Å²) in [6.07, 6.45) is 1.68. The minimum Gasteiger partial charge on any atom is -0.393 e. The number of amides is 1. The molecule has 38 heavy (non-hydrogen) atoms. The summed E-state index contributed by atoms with van der Waals surface area (Å²) in [6, 6.07) is 21.4. The monoisotopic (exact) mass is 521 g/mol. The van der Waals surface area contributed by atoms with Gasteiger partial charge in [0, 0.05) is 5.69 Å². The van der Waals surface area contributed by atoms with Crippen molar-refractivity contribution in [3.05, 3.63) is 101 Å². The van der Waals surface area contributed by atoms with Crippen LogP contribution < -0.4 is 4.90 Å². The van der Waals surface area contributed by atoms with Gasteiger partial charge in [-0.1, -0.05) is 55.5 Å². The van der Waals surface area contributed by atoms with Gasteiger partial charge in [-0.25, -0.2) is 4.39 Å². The highest BCUT2D eigenvalue weighted by Crippen LogP contribution is 2.46. The number of aliphatic hydroxyl groups is 4. The van der Waals surface area contributed by atoms with Gasteiger partial charge >= 0.3 is 0 Å². The summed E-state index contributed by atoms with van der Waals surface area (Å²) in [5.41, 5.74) is 3.03. The van der Waals surface area contributed by atoms with Gasteiger partial charge in [-0.05, 0) is 78.6 Å². The number of nitrogens with zero attached hydrogens (tertiary/aromatic N) is 1. The van der Waals surface area contributed by atoms with Crippen molar-refractivity contribution in [1.82, 2.24) is 0 Å². The van der Waals surface area contributed by atoms with Crippen LogP contribution in [0.15, 0.2) is 72.8 Å².